The molecule has 3 aliphatic heterocycles. The van der Waals surface area contributed by atoms with Crippen molar-refractivity contribution in [3.63, 3.8) is 0 Å². The molecule has 29 heavy (non-hydrogen) atoms. The van der Waals surface area contributed by atoms with E-state index in [4.69, 9.17) is 9.73 Å². The molecule has 1 aromatic heterocycles. The quantitative estimate of drug-likeness (QED) is 0.735. The Morgan fingerprint density at radius 3 is 2.72 bits per heavy atom. The molecule has 2 fully saturated rings. The van der Waals surface area contributed by atoms with Crippen LogP contribution in [0.25, 0.3) is 0 Å². The zero-order valence-corrected chi connectivity index (χ0v) is 17.9. The Morgan fingerprint density at radius 2 is 1.97 bits per heavy atom. The van der Waals surface area contributed by atoms with Crippen molar-refractivity contribution in [1.29, 1.82) is 0 Å². The van der Waals surface area contributed by atoms with Crippen LogP contribution in [-0.2, 0) is 0 Å². The molecule has 1 aromatic carbocycles. The third-order valence-electron chi connectivity index (χ3n) is 6.14. The SMILES string of the molecule is COc1cc(N2CCCCC2)ccc1[C@H]1[C@H](c2ccccn2)N=C2S[C@@H](C)CN21. The first-order valence-corrected chi connectivity index (χ1v) is 11.5. The van der Waals surface area contributed by atoms with E-state index in [0.29, 0.717) is 5.25 Å². The Labute approximate surface area is 177 Å². The average molecular weight is 409 g/mol. The van der Waals surface area contributed by atoms with E-state index in [1.54, 1.807) is 7.11 Å². The summed E-state index contributed by atoms with van der Waals surface area (Å²) >= 11 is 1.87. The first-order chi connectivity index (χ1) is 14.2. The molecule has 5 rings (SSSR count). The molecule has 3 aliphatic rings. The average Bonchev–Trinajstić information content (AvgIpc) is 3.30. The fraction of sp³-hybridized carbons (Fsp3) is 0.478. The van der Waals surface area contributed by atoms with Gasteiger partial charge >= 0.3 is 0 Å². The smallest absolute Gasteiger partial charge is 0.160 e. The van der Waals surface area contributed by atoms with Crippen molar-refractivity contribution in [2.45, 2.75) is 43.5 Å². The first-order valence-electron chi connectivity index (χ1n) is 10.6. The maximum atomic E-state index is 5.92. The number of hydrogen-bond donors (Lipinski definition) is 0. The van der Waals surface area contributed by atoms with Crippen molar-refractivity contribution in [3.05, 3.63) is 53.9 Å². The van der Waals surface area contributed by atoms with E-state index in [1.807, 2.05) is 24.0 Å². The third kappa shape index (κ3) is 3.48. The number of methoxy groups -OCH3 is 1. The van der Waals surface area contributed by atoms with Gasteiger partial charge in [-0.05, 0) is 37.5 Å². The van der Waals surface area contributed by atoms with Gasteiger partial charge in [0.15, 0.2) is 5.17 Å². The summed E-state index contributed by atoms with van der Waals surface area (Å²) in [5.41, 5.74) is 3.50. The number of nitrogens with zero attached hydrogens (tertiary/aromatic N) is 4. The van der Waals surface area contributed by atoms with E-state index in [-0.39, 0.29) is 12.1 Å². The second-order valence-corrected chi connectivity index (χ2v) is 9.52. The topological polar surface area (TPSA) is 41.0 Å². The Kier molecular flexibility index (Phi) is 5.12. The number of benzene rings is 1. The molecule has 3 atom stereocenters. The molecule has 2 aromatic rings. The molecule has 0 saturated carbocycles. The van der Waals surface area contributed by atoms with Crippen molar-refractivity contribution in [2.75, 3.05) is 31.6 Å². The highest BCUT2D eigenvalue weighted by Crippen LogP contribution is 2.50. The van der Waals surface area contributed by atoms with Gasteiger partial charge in [0.1, 0.15) is 11.8 Å². The highest BCUT2D eigenvalue weighted by molar-refractivity contribution is 8.14. The van der Waals surface area contributed by atoms with Crippen molar-refractivity contribution < 1.29 is 4.74 Å². The summed E-state index contributed by atoms with van der Waals surface area (Å²) < 4.78 is 5.92. The van der Waals surface area contributed by atoms with Crippen molar-refractivity contribution in [3.8, 4) is 5.75 Å². The maximum Gasteiger partial charge on any atom is 0.160 e. The highest BCUT2D eigenvalue weighted by atomic mass is 32.2. The van der Waals surface area contributed by atoms with Crippen LogP contribution in [0.2, 0.25) is 0 Å². The van der Waals surface area contributed by atoms with Gasteiger partial charge < -0.3 is 14.5 Å². The molecule has 152 valence electrons. The van der Waals surface area contributed by atoms with E-state index in [9.17, 15) is 0 Å². The molecular weight excluding hydrogens is 380 g/mol. The van der Waals surface area contributed by atoms with Crippen LogP contribution in [0.3, 0.4) is 0 Å². The van der Waals surface area contributed by atoms with Crippen LogP contribution in [0.1, 0.15) is 49.5 Å². The minimum absolute atomic E-state index is 0.000867. The van der Waals surface area contributed by atoms with Gasteiger partial charge in [-0.2, -0.15) is 0 Å². The molecule has 4 heterocycles. The molecule has 0 N–H and O–H groups in total. The van der Waals surface area contributed by atoms with E-state index in [1.165, 1.54) is 30.5 Å². The summed E-state index contributed by atoms with van der Waals surface area (Å²) in [4.78, 5) is 14.7. The number of piperidine rings is 1. The van der Waals surface area contributed by atoms with Gasteiger partial charge in [0, 0.05) is 48.4 Å². The Balaban J connectivity index is 1.53. The number of thioether (sulfide) groups is 1. The molecular formula is C23H28N4OS. The lowest BCUT2D eigenvalue weighted by Gasteiger charge is -2.31. The number of aromatic nitrogens is 1. The van der Waals surface area contributed by atoms with E-state index in [0.717, 1.165) is 36.2 Å². The third-order valence-corrected chi connectivity index (χ3v) is 7.24. The summed E-state index contributed by atoms with van der Waals surface area (Å²) in [6.45, 7) is 5.55. The zero-order chi connectivity index (χ0) is 19.8. The number of hydrogen-bond acceptors (Lipinski definition) is 6. The van der Waals surface area contributed by atoms with Crippen molar-refractivity contribution in [1.82, 2.24) is 9.88 Å². The van der Waals surface area contributed by atoms with Crippen LogP contribution >= 0.6 is 11.8 Å². The standard InChI is InChI=1S/C23H28N4OS/c1-16-15-27-22(21(25-23(27)29-16)19-8-4-5-11-24-19)18-10-9-17(14-20(18)28-2)26-12-6-3-7-13-26/h4-5,8-11,14,16,21-22H,3,6-7,12-13,15H2,1-2H3/t16-,21-,22-/m0/s1. The Bertz CT molecular complexity index is 897. The predicted molar refractivity (Wildman–Crippen MR) is 120 cm³/mol. The van der Waals surface area contributed by atoms with Gasteiger partial charge in [-0.25, -0.2) is 0 Å². The lowest BCUT2D eigenvalue weighted by atomic mass is 9.95. The lowest BCUT2D eigenvalue weighted by molar-refractivity contribution is 0.307. The Hall–Kier alpha value is -2.21. The summed E-state index contributed by atoms with van der Waals surface area (Å²) in [6, 6.07) is 13.0. The van der Waals surface area contributed by atoms with Gasteiger partial charge in [0.2, 0.25) is 0 Å². The van der Waals surface area contributed by atoms with E-state index < -0.39 is 0 Å². The van der Waals surface area contributed by atoms with E-state index in [2.05, 4.69) is 52.0 Å². The van der Waals surface area contributed by atoms with Crippen LogP contribution in [0.15, 0.2) is 47.6 Å². The number of anilines is 1. The van der Waals surface area contributed by atoms with Gasteiger partial charge in [-0.1, -0.05) is 30.8 Å². The predicted octanol–water partition coefficient (Wildman–Crippen LogP) is 4.67. The normalized spacial score (nSPS) is 26.4. The van der Waals surface area contributed by atoms with Gasteiger partial charge in [-0.15, -0.1) is 0 Å². The molecule has 0 spiro atoms. The van der Waals surface area contributed by atoms with Crippen LogP contribution in [0, 0.1) is 0 Å². The van der Waals surface area contributed by atoms with Crippen molar-refractivity contribution in [2.24, 2.45) is 4.99 Å². The first kappa shape index (κ1) is 18.8. The second-order valence-electron chi connectivity index (χ2n) is 8.11. The minimum atomic E-state index is 0.000867. The number of rotatable bonds is 4. The Morgan fingerprint density at radius 1 is 1.10 bits per heavy atom. The minimum Gasteiger partial charge on any atom is -0.496 e. The van der Waals surface area contributed by atoms with Crippen LogP contribution in [0.5, 0.6) is 5.75 Å². The number of ether oxygens (including phenoxy) is 1. The molecule has 2 saturated heterocycles. The summed E-state index contributed by atoms with van der Waals surface area (Å²) in [6.07, 6.45) is 5.75. The van der Waals surface area contributed by atoms with Gasteiger partial charge in [-0.3, -0.25) is 9.98 Å². The molecule has 5 nitrogen and oxygen atoms in total. The fourth-order valence-electron chi connectivity index (χ4n) is 4.75. The molecule has 0 aliphatic carbocycles. The summed E-state index contributed by atoms with van der Waals surface area (Å²) in [5, 5.41) is 1.69. The summed E-state index contributed by atoms with van der Waals surface area (Å²) in [7, 11) is 1.78. The fourth-order valence-corrected chi connectivity index (χ4v) is 5.84. The van der Waals surface area contributed by atoms with Crippen LogP contribution in [0.4, 0.5) is 5.69 Å². The molecule has 0 bridgehead atoms. The van der Waals surface area contributed by atoms with Gasteiger partial charge in [0.05, 0.1) is 18.8 Å². The summed E-state index contributed by atoms with van der Waals surface area (Å²) in [5.74, 6) is 0.958. The van der Waals surface area contributed by atoms with Gasteiger partial charge in [0.25, 0.3) is 0 Å². The number of pyridine rings is 1. The van der Waals surface area contributed by atoms with E-state index >= 15 is 0 Å². The van der Waals surface area contributed by atoms with Crippen LogP contribution in [-0.4, -0.2) is 47.0 Å². The zero-order valence-electron chi connectivity index (χ0n) is 17.1. The highest BCUT2D eigenvalue weighted by Gasteiger charge is 2.44. The van der Waals surface area contributed by atoms with Crippen LogP contribution < -0.4 is 9.64 Å². The van der Waals surface area contributed by atoms with Crippen molar-refractivity contribution >= 4 is 22.6 Å². The monoisotopic (exact) mass is 408 g/mol. The molecule has 0 radical (unpaired) electrons. The number of amidine groups is 1. The second kappa shape index (κ2) is 7.90. The molecule has 0 unspecified atom stereocenters. The maximum absolute atomic E-state index is 5.92. The number of fused-ring (bicyclic) bond motifs is 1. The lowest BCUT2D eigenvalue weighted by Crippen LogP contribution is -2.30. The number of aliphatic imine (C=N–C) groups is 1. The molecule has 0 amide bonds. The largest absolute Gasteiger partial charge is 0.496 e. The molecule has 6 heteroatoms.